The van der Waals surface area contributed by atoms with Crippen molar-refractivity contribution >= 4 is 28.3 Å². The van der Waals surface area contributed by atoms with Crippen LogP contribution >= 0.6 is 28.3 Å². The third-order valence-electron chi connectivity index (χ3n) is 2.30. The lowest BCUT2D eigenvalue weighted by Gasteiger charge is -2.39. The maximum atomic E-state index is 6.10. The Kier molecular flexibility index (Phi) is 3.35. The van der Waals surface area contributed by atoms with Gasteiger partial charge in [0.1, 0.15) is 0 Å². The van der Waals surface area contributed by atoms with Crippen LogP contribution in [0.3, 0.4) is 0 Å². The molecule has 13 heavy (non-hydrogen) atoms. The summed E-state index contributed by atoms with van der Waals surface area (Å²) in [7, 11) is 0. The van der Waals surface area contributed by atoms with Crippen molar-refractivity contribution < 1.29 is 0 Å². The monoisotopic (exact) mass is 262 g/mol. The summed E-state index contributed by atoms with van der Waals surface area (Å²) >= 11 is 3.40. The minimum absolute atomic E-state index is 0. The van der Waals surface area contributed by atoms with Gasteiger partial charge in [0.15, 0.2) is 0 Å². The third-order valence-corrected chi connectivity index (χ3v) is 2.83. The summed E-state index contributed by atoms with van der Waals surface area (Å²) in [5, 5.41) is 3.18. The highest BCUT2D eigenvalue weighted by Crippen LogP contribution is 2.23. The molecule has 0 atom stereocenters. The van der Waals surface area contributed by atoms with E-state index in [-0.39, 0.29) is 17.9 Å². The fraction of sp³-hybridized carbons (Fsp3) is 0.333. The summed E-state index contributed by atoms with van der Waals surface area (Å²) in [6.45, 7) is 1.77. The van der Waals surface area contributed by atoms with Gasteiger partial charge >= 0.3 is 0 Å². The van der Waals surface area contributed by atoms with E-state index in [0.29, 0.717) is 0 Å². The van der Waals surface area contributed by atoms with Crippen LogP contribution < -0.4 is 11.1 Å². The highest BCUT2D eigenvalue weighted by molar-refractivity contribution is 9.10. The molecule has 1 aliphatic heterocycles. The van der Waals surface area contributed by atoms with E-state index in [2.05, 4.69) is 33.4 Å². The van der Waals surface area contributed by atoms with Crippen molar-refractivity contribution in [2.24, 2.45) is 5.73 Å². The molecule has 72 valence electrons. The lowest BCUT2D eigenvalue weighted by atomic mass is 9.86. The Labute approximate surface area is 92.4 Å². The molecule has 0 saturated carbocycles. The summed E-state index contributed by atoms with van der Waals surface area (Å²) in [5.41, 5.74) is 7.18. The van der Waals surface area contributed by atoms with E-state index in [1.165, 1.54) is 5.56 Å². The van der Waals surface area contributed by atoms with Gasteiger partial charge in [0.25, 0.3) is 0 Å². The number of hydrogen-bond acceptors (Lipinski definition) is 2. The molecule has 2 rings (SSSR count). The molecule has 1 fully saturated rings. The first-order chi connectivity index (χ1) is 5.71. The molecule has 0 bridgehead atoms. The zero-order valence-corrected chi connectivity index (χ0v) is 9.49. The fourth-order valence-electron chi connectivity index (χ4n) is 1.38. The third kappa shape index (κ3) is 2.05. The van der Waals surface area contributed by atoms with Gasteiger partial charge in [0, 0.05) is 17.6 Å². The minimum Gasteiger partial charge on any atom is -0.319 e. The molecule has 0 aliphatic carbocycles. The normalized spacial score (nSPS) is 18.6. The quantitative estimate of drug-likeness (QED) is 0.808. The van der Waals surface area contributed by atoms with Crippen molar-refractivity contribution in [3.8, 4) is 0 Å². The highest BCUT2D eigenvalue weighted by atomic mass is 79.9. The first-order valence-corrected chi connectivity index (χ1v) is 4.76. The molecule has 2 nitrogen and oxygen atoms in total. The lowest BCUT2D eigenvalue weighted by molar-refractivity contribution is 0.287. The maximum absolute atomic E-state index is 6.10. The highest BCUT2D eigenvalue weighted by Gasteiger charge is 2.33. The Balaban J connectivity index is 0.000000845. The van der Waals surface area contributed by atoms with Gasteiger partial charge in [0.2, 0.25) is 0 Å². The van der Waals surface area contributed by atoms with Gasteiger partial charge in [0.05, 0.1) is 5.54 Å². The molecule has 1 heterocycles. The van der Waals surface area contributed by atoms with Gasteiger partial charge in [-0.2, -0.15) is 0 Å². The van der Waals surface area contributed by atoms with Crippen LogP contribution in [-0.4, -0.2) is 13.1 Å². The van der Waals surface area contributed by atoms with E-state index in [1.807, 2.05) is 12.1 Å². The summed E-state index contributed by atoms with van der Waals surface area (Å²) in [5.74, 6) is 0. The van der Waals surface area contributed by atoms with Gasteiger partial charge in [-0.3, -0.25) is 0 Å². The molecule has 0 unspecified atom stereocenters. The lowest BCUT2D eigenvalue weighted by Crippen LogP contribution is -2.62. The molecule has 0 radical (unpaired) electrons. The minimum atomic E-state index is -0.124. The van der Waals surface area contributed by atoms with E-state index in [9.17, 15) is 0 Å². The summed E-state index contributed by atoms with van der Waals surface area (Å²) < 4.78 is 1.10. The molecule has 0 amide bonds. The predicted octanol–water partition coefficient (Wildman–Crippen LogP) is 1.63. The molecule has 1 aromatic carbocycles. The van der Waals surface area contributed by atoms with Crippen molar-refractivity contribution in [2.75, 3.05) is 13.1 Å². The van der Waals surface area contributed by atoms with Gasteiger partial charge < -0.3 is 11.1 Å². The Bertz CT molecular complexity index is 282. The molecule has 1 aliphatic rings. The smallest absolute Gasteiger partial charge is 0.0662 e. The average Bonchev–Trinajstić information content (AvgIpc) is 2.02. The van der Waals surface area contributed by atoms with Crippen LogP contribution in [0.15, 0.2) is 28.7 Å². The van der Waals surface area contributed by atoms with Crippen LogP contribution in [0.25, 0.3) is 0 Å². The molecular weight excluding hydrogens is 251 g/mol. The number of rotatable bonds is 1. The van der Waals surface area contributed by atoms with Gasteiger partial charge in [-0.25, -0.2) is 0 Å². The molecule has 0 spiro atoms. The predicted molar refractivity (Wildman–Crippen MR) is 60.1 cm³/mol. The van der Waals surface area contributed by atoms with Gasteiger partial charge in [-0.15, -0.1) is 12.4 Å². The fourth-order valence-corrected chi connectivity index (χ4v) is 1.64. The van der Waals surface area contributed by atoms with E-state index >= 15 is 0 Å². The van der Waals surface area contributed by atoms with Crippen molar-refractivity contribution in [3.63, 3.8) is 0 Å². The number of benzene rings is 1. The summed E-state index contributed by atoms with van der Waals surface area (Å²) in [6.07, 6.45) is 0. The second kappa shape index (κ2) is 3.96. The van der Waals surface area contributed by atoms with E-state index < -0.39 is 0 Å². The topological polar surface area (TPSA) is 38.0 Å². The van der Waals surface area contributed by atoms with Gasteiger partial charge in [-0.1, -0.05) is 28.1 Å². The number of nitrogens with two attached hydrogens (primary N) is 1. The standard InChI is InChI=1S/C9H11BrN2.ClH/c10-8-3-1-7(2-4-8)9(11)5-12-6-9;/h1-4,12H,5-6,11H2;1H. The van der Waals surface area contributed by atoms with Crippen molar-refractivity contribution in [2.45, 2.75) is 5.54 Å². The summed E-state index contributed by atoms with van der Waals surface area (Å²) in [4.78, 5) is 0. The zero-order valence-electron chi connectivity index (χ0n) is 7.09. The van der Waals surface area contributed by atoms with E-state index in [1.54, 1.807) is 0 Å². The number of hydrogen-bond donors (Lipinski definition) is 2. The number of halogens is 2. The molecule has 1 aromatic rings. The van der Waals surface area contributed by atoms with Crippen LogP contribution in [-0.2, 0) is 5.54 Å². The largest absolute Gasteiger partial charge is 0.319 e. The average molecular weight is 264 g/mol. The second-order valence-electron chi connectivity index (χ2n) is 3.27. The van der Waals surface area contributed by atoms with Crippen LogP contribution in [0.5, 0.6) is 0 Å². The second-order valence-corrected chi connectivity index (χ2v) is 4.18. The maximum Gasteiger partial charge on any atom is 0.0662 e. The van der Waals surface area contributed by atoms with Gasteiger partial charge in [-0.05, 0) is 17.7 Å². The zero-order chi connectivity index (χ0) is 8.60. The molecule has 4 heteroatoms. The summed E-state index contributed by atoms with van der Waals surface area (Å²) in [6, 6.07) is 8.21. The van der Waals surface area contributed by atoms with Crippen LogP contribution in [0, 0.1) is 0 Å². The number of nitrogens with one attached hydrogen (secondary N) is 1. The Morgan fingerprint density at radius 3 is 2.15 bits per heavy atom. The first-order valence-electron chi connectivity index (χ1n) is 3.96. The van der Waals surface area contributed by atoms with Crippen LogP contribution in [0.2, 0.25) is 0 Å². The van der Waals surface area contributed by atoms with Crippen LogP contribution in [0.4, 0.5) is 0 Å². The Morgan fingerprint density at radius 2 is 1.77 bits per heavy atom. The van der Waals surface area contributed by atoms with Crippen molar-refractivity contribution in [3.05, 3.63) is 34.3 Å². The van der Waals surface area contributed by atoms with Crippen LogP contribution in [0.1, 0.15) is 5.56 Å². The first kappa shape index (κ1) is 11.0. The van der Waals surface area contributed by atoms with E-state index in [0.717, 1.165) is 17.6 Å². The Hall–Kier alpha value is -0.0900. The van der Waals surface area contributed by atoms with Crippen molar-refractivity contribution in [1.82, 2.24) is 5.32 Å². The molecular formula is C9H12BrClN2. The van der Waals surface area contributed by atoms with E-state index in [4.69, 9.17) is 5.73 Å². The molecule has 3 N–H and O–H groups in total. The molecule has 0 aromatic heterocycles. The molecule has 1 saturated heterocycles. The Morgan fingerprint density at radius 1 is 1.23 bits per heavy atom. The van der Waals surface area contributed by atoms with Crippen molar-refractivity contribution in [1.29, 1.82) is 0 Å². The SMILES string of the molecule is Cl.NC1(c2ccc(Br)cc2)CNC1.